The maximum Gasteiger partial charge on any atom is 2.00 e. The van der Waals surface area contributed by atoms with Gasteiger partial charge in [0.1, 0.15) is 0 Å². The first-order chi connectivity index (χ1) is 6.59. The Kier molecular flexibility index (Phi) is 8.20. The molecule has 88 valence electrons. The Balaban J connectivity index is 0. The number of hydrogen-bond donors (Lipinski definition) is 0. The molecule has 0 unspecified atom stereocenters. The van der Waals surface area contributed by atoms with Crippen molar-refractivity contribution in [1.82, 2.24) is 0 Å². The quantitative estimate of drug-likeness (QED) is 0.609. The molecule has 0 bridgehead atoms. The van der Waals surface area contributed by atoms with Gasteiger partial charge in [-0.3, -0.25) is 0 Å². The zero-order chi connectivity index (χ0) is 12.3. The van der Waals surface area contributed by atoms with E-state index < -0.39 is 22.8 Å². The second-order valence-corrected chi connectivity index (χ2v) is 5.20. The van der Waals surface area contributed by atoms with Crippen molar-refractivity contribution in [1.29, 1.82) is 0 Å². The summed E-state index contributed by atoms with van der Waals surface area (Å²) in [6.45, 7) is 6.31. The fourth-order valence-electron chi connectivity index (χ4n) is 1.18. The molecule has 0 aromatic heterocycles. The van der Waals surface area contributed by atoms with Gasteiger partial charge in [-0.15, -0.1) is 0 Å². The number of carboxylic acids is 2. The van der Waals surface area contributed by atoms with E-state index in [4.69, 9.17) is 0 Å². The van der Waals surface area contributed by atoms with E-state index >= 15 is 0 Å². The molecule has 0 atom stereocenters. The van der Waals surface area contributed by atoms with E-state index in [2.05, 4.69) is 0 Å². The van der Waals surface area contributed by atoms with Crippen molar-refractivity contribution in [2.24, 2.45) is 10.8 Å². The van der Waals surface area contributed by atoms with Crippen LogP contribution >= 0.6 is 0 Å². The number of hydrogen-bond acceptors (Lipinski definition) is 4. The summed E-state index contributed by atoms with van der Waals surface area (Å²) in [4.78, 5) is 21.3. The van der Waals surface area contributed by atoms with Gasteiger partial charge in [-0.2, -0.15) is 0 Å². The average molecular weight is 302 g/mol. The van der Waals surface area contributed by atoms with Crippen molar-refractivity contribution in [3.05, 3.63) is 0 Å². The smallest absolute Gasteiger partial charge is 0.550 e. The van der Waals surface area contributed by atoms with Crippen LogP contribution in [0.5, 0.6) is 0 Å². The zero-order valence-electron chi connectivity index (χ0n) is 10.5. The third kappa shape index (κ3) is 6.23. The van der Waals surface area contributed by atoms with Gasteiger partial charge in [-0.25, -0.2) is 0 Å². The van der Waals surface area contributed by atoms with Crippen LogP contribution in [0, 0.1) is 10.8 Å². The van der Waals surface area contributed by atoms with Crippen LogP contribution in [0.2, 0.25) is 0 Å². The molecular weight excluding hydrogens is 284 g/mol. The first-order valence-corrected chi connectivity index (χ1v) is 5.02. The van der Waals surface area contributed by atoms with Crippen LogP contribution in [0.25, 0.3) is 0 Å². The van der Waals surface area contributed by atoms with Crippen LogP contribution in [0.3, 0.4) is 0 Å². The van der Waals surface area contributed by atoms with Crippen molar-refractivity contribution in [2.45, 2.75) is 47.0 Å². The molecule has 0 N–H and O–H groups in total. The topological polar surface area (TPSA) is 80.3 Å². The molecule has 0 saturated heterocycles. The molecule has 0 heterocycles. The summed E-state index contributed by atoms with van der Waals surface area (Å²) in [5, 5.41) is 21.3. The summed E-state index contributed by atoms with van der Waals surface area (Å²) in [6, 6.07) is 0. The molecule has 0 radical (unpaired) electrons. The van der Waals surface area contributed by atoms with Crippen LogP contribution < -0.4 is 10.2 Å². The number of aliphatic carboxylic acids is 2. The Hall–Kier alpha value is 0.421. The fourth-order valence-corrected chi connectivity index (χ4v) is 1.18. The van der Waals surface area contributed by atoms with Crippen molar-refractivity contribution in [3.63, 3.8) is 0 Å². The summed E-state index contributed by atoms with van der Waals surface area (Å²) in [5.41, 5.74) is -1.80. The van der Waals surface area contributed by atoms with Crippen molar-refractivity contribution in [3.8, 4) is 0 Å². The van der Waals surface area contributed by atoms with Gasteiger partial charge in [0.15, 0.2) is 0 Å². The number of carboxylic acid groups (broad SMARTS) is 2. The molecule has 4 nitrogen and oxygen atoms in total. The van der Waals surface area contributed by atoms with E-state index in [1.165, 1.54) is 0 Å². The zero-order valence-corrected chi connectivity index (χ0v) is 13.9. The summed E-state index contributed by atoms with van der Waals surface area (Å²) in [7, 11) is 0. The summed E-state index contributed by atoms with van der Waals surface area (Å²) < 4.78 is 0. The largest absolute Gasteiger partial charge is 2.00 e. The van der Waals surface area contributed by atoms with E-state index in [1.54, 1.807) is 27.7 Å². The Morgan fingerprint density at radius 1 is 0.875 bits per heavy atom. The van der Waals surface area contributed by atoms with Gasteiger partial charge in [0.25, 0.3) is 0 Å². The molecule has 0 fully saturated rings. The van der Waals surface area contributed by atoms with Gasteiger partial charge in [-0.1, -0.05) is 34.1 Å². The molecule has 0 amide bonds. The predicted molar refractivity (Wildman–Crippen MR) is 57.2 cm³/mol. The van der Waals surface area contributed by atoms with Crippen molar-refractivity contribution >= 4 is 57.4 Å². The van der Waals surface area contributed by atoms with Gasteiger partial charge in [0.05, 0.1) is 0 Å². The SMILES string of the molecule is CC(C)(CCCC(C)(C)C(=O)[O-])C(=O)[O-].[Sr+2]. The van der Waals surface area contributed by atoms with Gasteiger partial charge in [-0.05, 0) is 12.8 Å². The molecule has 0 aliphatic heterocycles. The van der Waals surface area contributed by atoms with Gasteiger partial charge >= 0.3 is 45.5 Å². The van der Waals surface area contributed by atoms with Gasteiger partial charge in [0, 0.05) is 22.8 Å². The summed E-state index contributed by atoms with van der Waals surface area (Å²) in [5.74, 6) is -2.21. The van der Waals surface area contributed by atoms with Crippen LogP contribution in [-0.4, -0.2) is 57.4 Å². The van der Waals surface area contributed by atoms with E-state index in [1.807, 2.05) is 0 Å². The average Bonchev–Trinajstić information content (AvgIpc) is 2.02. The van der Waals surface area contributed by atoms with E-state index in [-0.39, 0.29) is 45.5 Å². The molecule has 0 aromatic rings. The Bertz CT molecular complexity index is 233. The maximum atomic E-state index is 10.7. The van der Waals surface area contributed by atoms with E-state index in [0.29, 0.717) is 19.3 Å². The maximum absolute atomic E-state index is 10.7. The third-order valence-electron chi connectivity index (χ3n) is 2.71. The third-order valence-corrected chi connectivity index (χ3v) is 2.71. The Labute approximate surface area is 134 Å². The Morgan fingerprint density at radius 3 is 1.31 bits per heavy atom. The monoisotopic (exact) mass is 302 g/mol. The molecule has 0 saturated carbocycles. The van der Waals surface area contributed by atoms with Gasteiger partial charge < -0.3 is 19.8 Å². The van der Waals surface area contributed by atoms with Crippen LogP contribution in [-0.2, 0) is 9.59 Å². The second kappa shape index (κ2) is 6.99. The molecule has 5 heteroatoms. The van der Waals surface area contributed by atoms with Crippen LogP contribution in [0.4, 0.5) is 0 Å². The standard InChI is InChI=1S/C11H20O4.Sr/c1-10(2,8(12)13)6-5-7-11(3,4)9(14)15;/h5-7H2,1-4H3,(H,12,13)(H,14,15);/q;+2/p-2. The molecule has 16 heavy (non-hydrogen) atoms. The minimum Gasteiger partial charge on any atom is -0.550 e. The van der Waals surface area contributed by atoms with E-state index in [0.717, 1.165) is 0 Å². The first kappa shape index (κ1) is 18.8. The first-order valence-electron chi connectivity index (χ1n) is 5.02. The molecular formula is C11H18O4Sr. The molecule has 0 aliphatic rings. The Morgan fingerprint density at radius 2 is 1.12 bits per heavy atom. The van der Waals surface area contributed by atoms with Crippen LogP contribution in [0.15, 0.2) is 0 Å². The van der Waals surface area contributed by atoms with E-state index in [9.17, 15) is 19.8 Å². The molecule has 0 aliphatic carbocycles. The summed E-state index contributed by atoms with van der Waals surface area (Å²) in [6.07, 6.45) is 1.35. The fraction of sp³-hybridized carbons (Fsp3) is 0.818. The number of carbonyl (C=O) groups excluding carboxylic acids is 2. The van der Waals surface area contributed by atoms with Crippen molar-refractivity contribution < 1.29 is 19.8 Å². The molecule has 0 spiro atoms. The minimum atomic E-state index is -1.10. The second-order valence-electron chi connectivity index (χ2n) is 5.20. The molecule has 0 aromatic carbocycles. The van der Waals surface area contributed by atoms with Gasteiger partial charge in [0.2, 0.25) is 0 Å². The number of carbonyl (C=O) groups is 2. The molecule has 0 rings (SSSR count). The minimum absolute atomic E-state index is 0. The van der Waals surface area contributed by atoms with Crippen molar-refractivity contribution in [2.75, 3.05) is 0 Å². The predicted octanol–water partition coefficient (Wildman–Crippen LogP) is -0.672. The number of rotatable bonds is 6. The normalized spacial score (nSPS) is 11.8. The summed E-state index contributed by atoms with van der Waals surface area (Å²) >= 11 is 0. The van der Waals surface area contributed by atoms with Crippen LogP contribution in [0.1, 0.15) is 47.0 Å².